The minimum absolute atomic E-state index is 0.421. The molecular weight excluding hydrogens is 202 g/mol. The highest BCUT2D eigenvalue weighted by Crippen LogP contribution is 2.37. The molecule has 0 unspecified atom stereocenters. The second-order valence-electron chi connectivity index (χ2n) is 5.48. The summed E-state index contributed by atoms with van der Waals surface area (Å²) in [4.78, 5) is 13.9. The number of carboxylic acid groups (broad SMARTS) is 1. The summed E-state index contributed by atoms with van der Waals surface area (Å²) < 4.78 is 0. The van der Waals surface area contributed by atoms with Crippen LogP contribution in [0.4, 0.5) is 0 Å². The summed E-state index contributed by atoms with van der Waals surface area (Å²) in [5.41, 5.74) is -0.421. The van der Waals surface area contributed by atoms with Crippen LogP contribution in [-0.2, 0) is 4.79 Å². The van der Waals surface area contributed by atoms with Gasteiger partial charge in [-0.25, -0.2) is 0 Å². The van der Waals surface area contributed by atoms with Crippen molar-refractivity contribution in [3.63, 3.8) is 0 Å². The third kappa shape index (κ3) is 2.57. The maximum atomic E-state index is 11.5. The van der Waals surface area contributed by atoms with Crippen LogP contribution in [0.25, 0.3) is 0 Å². The minimum atomic E-state index is -0.558. The van der Waals surface area contributed by atoms with Gasteiger partial charge in [-0.2, -0.15) is 0 Å². The molecule has 2 rings (SSSR count). The van der Waals surface area contributed by atoms with E-state index >= 15 is 0 Å². The van der Waals surface area contributed by atoms with Crippen molar-refractivity contribution >= 4 is 5.97 Å². The molecule has 3 heteroatoms. The molecule has 16 heavy (non-hydrogen) atoms. The topological polar surface area (TPSA) is 40.5 Å². The van der Waals surface area contributed by atoms with Crippen LogP contribution >= 0.6 is 0 Å². The Morgan fingerprint density at radius 3 is 2.12 bits per heavy atom. The van der Waals surface area contributed by atoms with Crippen LogP contribution in [0.5, 0.6) is 0 Å². The molecule has 1 N–H and O–H groups in total. The summed E-state index contributed by atoms with van der Waals surface area (Å²) in [6.45, 7) is 3.01. The van der Waals surface area contributed by atoms with Crippen LogP contribution in [0.15, 0.2) is 0 Å². The highest BCUT2D eigenvalue weighted by molar-refractivity contribution is 5.75. The van der Waals surface area contributed by atoms with E-state index in [1.54, 1.807) is 0 Å². The molecule has 0 radical (unpaired) electrons. The Balaban J connectivity index is 1.98. The molecule has 0 bridgehead atoms. The van der Waals surface area contributed by atoms with Crippen molar-refractivity contribution in [2.75, 3.05) is 19.6 Å². The van der Waals surface area contributed by atoms with E-state index in [1.807, 2.05) is 0 Å². The molecule has 0 aromatic heterocycles. The molecule has 1 aliphatic heterocycles. The quantitative estimate of drug-likeness (QED) is 0.802. The number of nitrogens with zero attached hydrogens (tertiary/aromatic N) is 1. The molecule has 1 aliphatic carbocycles. The second kappa shape index (κ2) is 5.17. The molecule has 0 spiro atoms. The summed E-state index contributed by atoms with van der Waals surface area (Å²) >= 11 is 0. The SMILES string of the molecule is O=C(O)C1(CN2CCCCC2)CCCCC1. The van der Waals surface area contributed by atoms with E-state index in [2.05, 4.69) is 4.90 Å². The molecule has 0 aromatic rings. The molecule has 1 heterocycles. The number of piperidine rings is 1. The van der Waals surface area contributed by atoms with Gasteiger partial charge in [0.05, 0.1) is 5.41 Å². The third-order valence-electron chi connectivity index (χ3n) is 4.24. The van der Waals surface area contributed by atoms with E-state index in [-0.39, 0.29) is 0 Å². The van der Waals surface area contributed by atoms with E-state index in [0.29, 0.717) is 0 Å². The van der Waals surface area contributed by atoms with Gasteiger partial charge in [-0.3, -0.25) is 4.79 Å². The van der Waals surface area contributed by atoms with Gasteiger partial charge >= 0.3 is 5.97 Å². The Kier molecular flexibility index (Phi) is 3.85. The lowest BCUT2D eigenvalue weighted by molar-refractivity contribution is -0.152. The average molecular weight is 225 g/mol. The van der Waals surface area contributed by atoms with Crippen molar-refractivity contribution in [2.24, 2.45) is 5.41 Å². The van der Waals surface area contributed by atoms with Gasteiger partial charge in [-0.15, -0.1) is 0 Å². The van der Waals surface area contributed by atoms with Crippen molar-refractivity contribution in [1.29, 1.82) is 0 Å². The monoisotopic (exact) mass is 225 g/mol. The first kappa shape index (κ1) is 11.9. The van der Waals surface area contributed by atoms with Crippen molar-refractivity contribution < 1.29 is 9.90 Å². The summed E-state index contributed by atoms with van der Waals surface area (Å²) in [6, 6.07) is 0. The van der Waals surface area contributed by atoms with Crippen LogP contribution in [0.1, 0.15) is 51.4 Å². The molecular formula is C13H23NO2. The third-order valence-corrected chi connectivity index (χ3v) is 4.24. The Bertz CT molecular complexity index is 240. The summed E-state index contributed by atoms with van der Waals surface area (Å²) in [7, 11) is 0. The van der Waals surface area contributed by atoms with Crippen LogP contribution in [0, 0.1) is 5.41 Å². The van der Waals surface area contributed by atoms with E-state index < -0.39 is 11.4 Å². The fraction of sp³-hybridized carbons (Fsp3) is 0.923. The predicted octanol–water partition coefficient (Wildman–Crippen LogP) is 2.51. The second-order valence-corrected chi connectivity index (χ2v) is 5.48. The zero-order chi connectivity index (χ0) is 11.4. The van der Waals surface area contributed by atoms with Gasteiger partial charge in [-0.1, -0.05) is 25.7 Å². The molecule has 2 aliphatic rings. The zero-order valence-electron chi connectivity index (χ0n) is 10.1. The average Bonchev–Trinajstić information content (AvgIpc) is 2.31. The summed E-state index contributed by atoms with van der Waals surface area (Å²) in [5, 5.41) is 9.49. The van der Waals surface area contributed by atoms with E-state index in [1.165, 1.54) is 25.7 Å². The van der Waals surface area contributed by atoms with Gasteiger partial charge < -0.3 is 10.0 Å². The van der Waals surface area contributed by atoms with Crippen LogP contribution in [0.3, 0.4) is 0 Å². The maximum absolute atomic E-state index is 11.5. The minimum Gasteiger partial charge on any atom is -0.481 e. The number of aliphatic carboxylic acids is 1. The molecule has 3 nitrogen and oxygen atoms in total. The smallest absolute Gasteiger partial charge is 0.310 e. The molecule has 0 atom stereocenters. The Morgan fingerprint density at radius 2 is 1.56 bits per heavy atom. The molecule has 1 saturated carbocycles. The van der Waals surface area contributed by atoms with Crippen LogP contribution < -0.4 is 0 Å². The molecule has 0 amide bonds. The first-order valence-electron chi connectivity index (χ1n) is 6.69. The van der Waals surface area contributed by atoms with E-state index in [9.17, 15) is 9.90 Å². The molecule has 2 fully saturated rings. The summed E-state index contributed by atoms with van der Waals surface area (Å²) in [5.74, 6) is -0.558. The van der Waals surface area contributed by atoms with Gasteiger partial charge in [0.25, 0.3) is 0 Å². The number of hydrogen-bond donors (Lipinski definition) is 1. The Labute approximate surface area is 97.8 Å². The van der Waals surface area contributed by atoms with Gasteiger partial charge in [0.1, 0.15) is 0 Å². The standard InChI is InChI=1S/C13H23NO2/c15-12(16)13(7-3-1-4-8-13)11-14-9-5-2-6-10-14/h1-11H2,(H,15,16). The first-order valence-corrected chi connectivity index (χ1v) is 6.69. The van der Waals surface area contributed by atoms with Gasteiger partial charge in [0, 0.05) is 6.54 Å². The number of hydrogen-bond acceptors (Lipinski definition) is 2. The van der Waals surface area contributed by atoms with Crippen molar-refractivity contribution in [3.05, 3.63) is 0 Å². The zero-order valence-corrected chi connectivity index (χ0v) is 10.1. The van der Waals surface area contributed by atoms with Gasteiger partial charge in [0.2, 0.25) is 0 Å². The van der Waals surface area contributed by atoms with E-state index in [0.717, 1.165) is 45.3 Å². The highest BCUT2D eigenvalue weighted by atomic mass is 16.4. The van der Waals surface area contributed by atoms with Crippen LogP contribution in [0.2, 0.25) is 0 Å². The summed E-state index contributed by atoms with van der Waals surface area (Å²) in [6.07, 6.45) is 8.99. The Hall–Kier alpha value is -0.570. The number of carbonyl (C=O) groups is 1. The molecule has 0 aromatic carbocycles. The maximum Gasteiger partial charge on any atom is 0.310 e. The lowest BCUT2D eigenvalue weighted by Gasteiger charge is -2.39. The predicted molar refractivity (Wildman–Crippen MR) is 63.4 cm³/mol. The van der Waals surface area contributed by atoms with Crippen LogP contribution in [-0.4, -0.2) is 35.6 Å². The lowest BCUT2D eigenvalue weighted by atomic mass is 9.73. The highest BCUT2D eigenvalue weighted by Gasteiger charge is 2.40. The number of carboxylic acids is 1. The number of likely N-dealkylation sites (tertiary alicyclic amines) is 1. The largest absolute Gasteiger partial charge is 0.481 e. The molecule has 92 valence electrons. The van der Waals surface area contributed by atoms with E-state index in [4.69, 9.17) is 0 Å². The Morgan fingerprint density at radius 1 is 1.00 bits per heavy atom. The van der Waals surface area contributed by atoms with Crippen molar-refractivity contribution in [1.82, 2.24) is 4.90 Å². The normalized spacial score (nSPS) is 26.5. The van der Waals surface area contributed by atoms with Crippen molar-refractivity contribution in [3.8, 4) is 0 Å². The fourth-order valence-corrected chi connectivity index (χ4v) is 3.21. The van der Waals surface area contributed by atoms with Crippen molar-refractivity contribution in [2.45, 2.75) is 51.4 Å². The molecule has 1 saturated heterocycles. The lowest BCUT2D eigenvalue weighted by Crippen LogP contribution is -2.46. The first-order chi connectivity index (χ1) is 7.73. The fourth-order valence-electron chi connectivity index (χ4n) is 3.21. The van der Waals surface area contributed by atoms with Gasteiger partial charge in [-0.05, 0) is 38.8 Å². The number of rotatable bonds is 3. The van der Waals surface area contributed by atoms with Gasteiger partial charge in [0.15, 0.2) is 0 Å².